The SMILES string of the molecule is C=CCOc1ccc(C2/C(=C(\O)c3ccc(F)cc3)C(=O)C(=O)N2c2nc3c(C)cc(C)cc3s2)cc1. The molecule has 1 aliphatic heterocycles. The molecule has 1 aromatic heterocycles. The van der Waals surface area contributed by atoms with E-state index in [1.807, 2.05) is 26.0 Å². The molecule has 186 valence electrons. The van der Waals surface area contributed by atoms with Crippen molar-refractivity contribution in [2.75, 3.05) is 11.5 Å². The standard InChI is InChI=1S/C29H23FN2O4S/c1-4-13-36-21-11-7-18(8-12-21)25-23(26(33)19-5-9-20(30)10-6-19)27(34)28(35)32(25)29-31-24-17(3)14-16(2)15-22(24)37-29/h4-12,14-15,25,33H,1,13H2,2-3H3/b26-23+. The number of thiazole rings is 1. The number of benzene rings is 3. The zero-order chi connectivity index (χ0) is 26.3. The van der Waals surface area contributed by atoms with Crippen molar-refractivity contribution in [3.63, 3.8) is 0 Å². The van der Waals surface area contributed by atoms with Gasteiger partial charge in [-0.25, -0.2) is 9.37 Å². The maximum atomic E-state index is 13.5. The summed E-state index contributed by atoms with van der Waals surface area (Å²) in [5.41, 5.74) is 3.49. The highest BCUT2D eigenvalue weighted by Crippen LogP contribution is 2.45. The van der Waals surface area contributed by atoms with E-state index in [-0.39, 0.29) is 16.9 Å². The molecule has 1 N–H and O–H groups in total. The number of aliphatic hydroxyl groups is 1. The summed E-state index contributed by atoms with van der Waals surface area (Å²) in [7, 11) is 0. The number of fused-ring (bicyclic) bond motifs is 1. The Labute approximate surface area is 217 Å². The molecule has 0 bridgehead atoms. The molecule has 37 heavy (non-hydrogen) atoms. The average molecular weight is 515 g/mol. The summed E-state index contributed by atoms with van der Waals surface area (Å²) in [6, 6.07) is 15.1. The minimum absolute atomic E-state index is 0.0940. The third-order valence-corrected chi connectivity index (χ3v) is 7.15. The number of hydrogen-bond acceptors (Lipinski definition) is 6. The van der Waals surface area contributed by atoms with Gasteiger partial charge in [0.15, 0.2) is 5.13 Å². The summed E-state index contributed by atoms with van der Waals surface area (Å²) in [4.78, 5) is 32.8. The summed E-state index contributed by atoms with van der Waals surface area (Å²) < 4.78 is 20.0. The van der Waals surface area contributed by atoms with Crippen LogP contribution in [0.1, 0.15) is 28.3 Å². The second-order valence-electron chi connectivity index (χ2n) is 8.77. The van der Waals surface area contributed by atoms with E-state index >= 15 is 0 Å². The fraction of sp³-hybridized carbons (Fsp3) is 0.138. The molecule has 0 saturated carbocycles. The van der Waals surface area contributed by atoms with Gasteiger partial charge in [-0.3, -0.25) is 14.5 Å². The van der Waals surface area contributed by atoms with E-state index in [2.05, 4.69) is 6.58 Å². The van der Waals surface area contributed by atoms with E-state index in [0.717, 1.165) is 21.3 Å². The molecular weight excluding hydrogens is 491 g/mol. The number of nitrogens with zero attached hydrogens (tertiary/aromatic N) is 2. The molecule has 0 spiro atoms. The molecule has 0 radical (unpaired) electrons. The third kappa shape index (κ3) is 4.40. The van der Waals surface area contributed by atoms with Crippen LogP contribution in [0, 0.1) is 19.7 Å². The molecule has 1 atom stereocenters. The van der Waals surface area contributed by atoms with Gasteiger partial charge in [-0.15, -0.1) is 0 Å². The van der Waals surface area contributed by atoms with Crippen molar-refractivity contribution in [1.29, 1.82) is 0 Å². The number of hydrogen-bond donors (Lipinski definition) is 1. The van der Waals surface area contributed by atoms with Gasteiger partial charge in [0.25, 0.3) is 5.78 Å². The highest BCUT2D eigenvalue weighted by molar-refractivity contribution is 7.22. The molecule has 1 saturated heterocycles. The number of ether oxygens (including phenoxy) is 1. The van der Waals surface area contributed by atoms with Crippen molar-refractivity contribution in [1.82, 2.24) is 4.98 Å². The predicted molar refractivity (Wildman–Crippen MR) is 142 cm³/mol. The molecular formula is C29H23FN2O4S. The zero-order valence-electron chi connectivity index (χ0n) is 20.2. The normalized spacial score (nSPS) is 16.9. The van der Waals surface area contributed by atoms with E-state index in [1.165, 1.54) is 40.5 Å². The molecule has 5 rings (SSSR count). The Morgan fingerprint density at radius 2 is 1.84 bits per heavy atom. The number of carbonyl (C=O) groups excluding carboxylic acids is 2. The van der Waals surface area contributed by atoms with Crippen LogP contribution >= 0.6 is 11.3 Å². The molecule has 3 aromatic carbocycles. The average Bonchev–Trinajstić information content (AvgIpc) is 3.41. The molecule has 6 nitrogen and oxygen atoms in total. The number of rotatable bonds is 6. The van der Waals surface area contributed by atoms with Gasteiger partial charge in [0.2, 0.25) is 0 Å². The van der Waals surface area contributed by atoms with Crippen molar-refractivity contribution >= 4 is 44.1 Å². The Morgan fingerprint density at radius 1 is 1.14 bits per heavy atom. The van der Waals surface area contributed by atoms with Crippen LogP contribution in [0.2, 0.25) is 0 Å². The minimum atomic E-state index is -0.944. The van der Waals surface area contributed by atoms with Crippen molar-refractivity contribution in [3.8, 4) is 5.75 Å². The second kappa shape index (κ2) is 9.63. The highest BCUT2D eigenvalue weighted by atomic mass is 32.1. The summed E-state index contributed by atoms with van der Waals surface area (Å²) in [6.07, 6.45) is 1.63. The lowest BCUT2D eigenvalue weighted by Crippen LogP contribution is -2.29. The van der Waals surface area contributed by atoms with Crippen LogP contribution in [0.25, 0.3) is 16.0 Å². The number of carbonyl (C=O) groups is 2. The number of aliphatic hydroxyl groups excluding tert-OH is 1. The van der Waals surface area contributed by atoms with Crippen LogP contribution in [0.4, 0.5) is 9.52 Å². The number of halogens is 1. The fourth-order valence-corrected chi connectivity index (χ4v) is 5.64. The van der Waals surface area contributed by atoms with Gasteiger partial charge in [0, 0.05) is 5.56 Å². The number of ketones is 1. The first-order valence-electron chi connectivity index (χ1n) is 11.6. The van der Waals surface area contributed by atoms with Crippen LogP contribution in [0.15, 0.2) is 78.9 Å². The Kier molecular flexibility index (Phi) is 6.35. The van der Waals surface area contributed by atoms with Crippen LogP contribution in [0.3, 0.4) is 0 Å². The van der Waals surface area contributed by atoms with E-state index < -0.39 is 23.5 Å². The van der Waals surface area contributed by atoms with Crippen molar-refractivity contribution in [2.45, 2.75) is 19.9 Å². The Hall–Kier alpha value is -4.30. The van der Waals surface area contributed by atoms with Crippen LogP contribution in [-0.2, 0) is 9.59 Å². The first-order valence-corrected chi connectivity index (χ1v) is 12.4. The van der Waals surface area contributed by atoms with Crippen LogP contribution in [-0.4, -0.2) is 28.4 Å². The zero-order valence-corrected chi connectivity index (χ0v) is 21.0. The number of Topliss-reactive ketones (excluding diaryl/α,β-unsaturated/α-hetero) is 1. The largest absolute Gasteiger partial charge is 0.507 e. The Morgan fingerprint density at radius 3 is 2.51 bits per heavy atom. The smallest absolute Gasteiger partial charge is 0.301 e. The van der Waals surface area contributed by atoms with Crippen LogP contribution < -0.4 is 9.64 Å². The van der Waals surface area contributed by atoms with Gasteiger partial charge >= 0.3 is 5.91 Å². The summed E-state index contributed by atoms with van der Waals surface area (Å²) in [5, 5.41) is 11.5. The topological polar surface area (TPSA) is 79.7 Å². The summed E-state index contributed by atoms with van der Waals surface area (Å²) >= 11 is 1.31. The Bertz CT molecular complexity index is 1570. The van der Waals surface area contributed by atoms with Gasteiger partial charge in [-0.2, -0.15) is 0 Å². The second-order valence-corrected chi connectivity index (χ2v) is 9.78. The van der Waals surface area contributed by atoms with Crippen molar-refractivity contribution in [2.24, 2.45) is 0 Å². The monoisotopic (exact) mass is 514 g/mol. The van der Waals surface area contributed by atoms with E-state index in [0.29, 0.717) is 23.1 Å². The van der Waals surface area contributed by atoms with Gasteiger partial charge < -0.3 is 9.84 Å². The lowest BCUT2D eigenvalue weighted by Gasteiger charge is -2.23. The van der Waals surface area contributed by atoms with Gasteiger partial charge in [0.1, 0.15) is 23.9 Å². The molecule has 0 aliphatic carbocycles. The molecule has 4 aromatic rings. The number of aromatic nitrogens is 1. The van der Waals surface area contributed by atoms with Crippen LogP contribution in [0.5, 0.6) is 5.75 Å². The number of aryl methyl sites for hydroxylation is 2. The first-order chi connectivity index (χ1) is 17.8. The van der Waals surface area contributed by atoms with Gasteiger partial charge in [-0.1, -0.05) is 42.2 Å². The van der Waals surface area contributed by atoms with E-state index in [4.69, 9.17) is 9.72 Å². The summed E-state index contributed by atoms with van der Waals surface area (Å²) in [5.74, 6) is -1.92. The molecule has 1 amide bonds. The van der Waals surface area contributed by atoms with Gasteiger partial charge in [0.05, 0.1) is 21.8 Å². The third-order valence-electron chi connectivity index (χ3n) is 6.15. The maximum Gasteiger partial charge on any atom is 0.301 e. The van der Waals surface area contributed by atoms with Gasteiger partial charge in [-0.05, 0) is 73.0 Å². The van der Waals surface area contributed by atoms with E-state index in [1.54, 1.807) is 30.3 Å². The Balaban J connectivity index is 1.69. The van der Waals surface area contributed by atoms with Crippen molar-refractivity contribution in [3.05, 3.63) is 107 Å². The summed E-state index contributed by atoms with van der Waals surface area (Å²) in [6.45, 7) is 7.89. The quantitative estimate of drug-likeness (QED) is 0.143. The molecule has 2 heterocycles. The predicted octanol–water partition coefficient (Wildman–Crippen LogP) is 6.24. The number of anilines is 1. The van der Waals surface area contributed by atoms with E-state index in [9.17, 15) is 19.1 Å². The highest BCUT2D eigenvalue weighted by Gasteiger charge is 2.48. The maximum absolute atomic E-state index is 13.5. The first kappa shape index (κ1) is 24.4. The minimum Gasteiger partial charge on any atom is -0.507 e. The number of amides is 1. The van der Waals surface area contributed by atoms with Crippen molar-refractivity contribution < 1.29 is 23.8 Å². The lowest BCUT2D eigenvalue weighted by atomic mass is 9.95. The molecule has 8 heteroatoms. The molecule has 1 aliphatic rings. The fourth-order valence-electron chi connectivity index (χ4n) is 4.47. The molecule has 1 fully saturated rings. The molecule has 1 unspecified atom stereocenters. The lowest BCUT2D eigenvalue weighted by molar-refractivity contribution is -0.132.